The lowest BCUT2D eigenvalue weighted by atomic mass is 10.1. The molecule has 0 spiro atoms. The van der Waals surface area contributed by atoms with Crippen molar-refractivity contribution in [2.45, 2.75) is 18.8 Å². The second-order valence-corrected chi connectivity index (χ2v) is 7.01. The van der Waals surface area contributed by atoms with E-state index in [1.807, 2.05) is 31.3 Å². The highest BCUT2D eigenvalue weighted by Gasteiger charge is 2.19. The van der Waals surface area contributed by atoms with E-state index in [0.717, 1.165) is 17.7 Å². The van der Waals surface area contributed by atoms with E-state index in [1.165, 1.54) is 10.6 Å². The lowest BCUT2D eigenvalue weighted by Gasteiger charge is -2.16. The van der Waals surface area contributed by atoms with Gasteiger partial charge in [-0.1, -0.05) is 24.3 Å². The summed E-state index contributed by atoms with van der Waals surface area (Å²) in [6.07, 6.45) is 1.54. The Morgan fingerprint density at radius 1 is 1.14 bits per heavy atom. The third kappa shape index (κ3) is 4.42. The summed E-state index contributed by atoms with van der Waals surface area (Å²) in [5, 5.41) is 3.06. The third-order valence-corrected chi connectivity index (χ3v) is 4.96. The van der Waals surface area contributed by atoms with Crippen LogP contribution in [0.5, 0.6) is 0 Å². The van der Waals surface area contributed by atoms with Gasteiger partial charge in [0.2, 0.25) is 10.0 Å². The maximum atomic E-state index is 12.3. The maximum Gasteiger partial charge on any atom is 0.218 e. The van der Waals surface area contributed by atoms with Crippen LogP contribution in [0.25, 0.3) is 0 Å². The number of hydrogen-bond acceptors (Lipinski definition) is 4. The molecule has 1 heterocycles. The molecule has 2 rings (SSSR count). The Hall–Kier alpha value is -1.63. The monoisotopic (exact) mass is 308 g/mol. The highest BCUT2D eigenvalue weighted by molar-refractivity contribution is 7.88. The Kier molecular flexibility index (Phi) is 5.17. The van der Waals surface area contributed by atoms with E-state index < -0.39 is 10.0 Å². The molecule has 0 aliphatic heterocycles. The maximum absolute atomic E-state index is 12.3. The smallest absolute Gasteiger partial charge is 0.218 e. The molecule has 0 fully saturated rings. The van der Waals surface area contributed by atoms with E-state index in [2.05, 4.69) is 5.32 Å². The van der Waals surface area contributed by atoms with Gasteiger partial charge in [-0.3, -0.25) is 0 Å². The number of nitrogens with one attached hydrogen (secondary N) is 1. The lowest BCUT2D eigenvalue weighted by molar-refractivity contribution is 0.406. The summed E-state index contributed by atoms with van der Waals surface area (Å²) in [5.41, 5.74) is 1.91. The van der Waals surface area contributed by atoms with Crippen molar-refractivity contribution in [3.8, 4) is 0 Å². The Morgan fingerprint density at radius 3 is 2.38 bits per heavy atom. The van der Waals surface area contributed by atoms with E-state index in [9.17, 15) is 8.42 Å². The molecule has 1 N–H and O–H groups in total. The molecule has 21 heavy (non-hydrogen) atoms. The number of nitrogens with zero attached hydrogens (tertiary/aromatic N) is 1. The molecule has 0 atom stereocenters. The van der Waals surface area contributed by atoms with Gasteiger partial charge < -0.3 is 9.73 Å². The highest BCUT2D eigenvalue weighted by atomic mass is 32.2. The van der Waals surface area contributed by atoms with Crippen LogP contribution in [0.1, 0.15) is 16.9 Å². The first-order valence-corrected chi connectivity index (χ1v) is 8.31. The minimum atomic E-state index is -3.36. The molecular weight excluding hydrogens is 288 g/mol. The molecule has 6 heteroatoms. The molecule has 1 aromatic heterocycles. The van der Waals surface area contributed by atoms with E-state index in [1.54, 1.807) is 19.2 Å². The van der Waals surface area contributed by atoms with Crippen molar-refractivity contribution in [2.24, 2.45) is 0 Å². The third-order valence-electron chi connectivity index (χ3n) is 3.19. The van der Waals surface area contributed by atoms with Crippen LogP contribution in [-0.2, 0) is 28.9 Å². The summed E-state index contributed by atoms with van der Waals surface area (Å²) < 4.78 is 31.1. The van der Waals surface area contributed by atoms with Gasteiger partial charge in [0, 0.05) is 13.6 Å². The molecule has 1 aromatic carbocycles. The summed E-state index contributed by atoms with van der Waals surface area (Å²) in [4.78, 5) is 0. The number of sulfonamides is 1. The van der Waals surface area contributed by atoms with Crippen LogP contribution >= 0.6 is 0 Å². The largest absolute Gasteiger partial charge is 0.468 e. The van der Waals surface area contributed by atoms with Crippen molar-refractivity contribution in [1.82, 2.24) is 9.62 Å². The van der Waals surface area contributed by atoms with Gasteiger partial charge in [-0.2, -0.15) is 4.31 Å². The average Bonchev–Trinajstić information content (AvgIpc) is 2.94. The van der Waals surface area contributed by atoms with E-state index >= 15 is 0 Å². The van der Waals surface area contributed by atoms with Gasteiger partial charge in [0.1, 0.15) is 5.76 Å². The van der Waals surface area contributed by atoms with Gasteiger partial charge in [0.15, 0.2) is 0 Å². The summed E-state index contributed by atoms with van der Waals surface area (Å²) in [6.45, 7) is 1.01. The lowest BCUT2D eigenvalue weighted by Crippen LogP contribution is -2.27. The zero-order valence-corrected chi connectivity index (χ0v) is 13.1. The Bertz CT molecular complexity index is 649. The summed E-state index contributed by atoms with van der Waals surface area (Å²) in [6, 6.07) is 11.1. The standard InChI is InChI=1S/C15H20N2O3S/c1-16-10-13-5-7-14(8-6-13)12-21(18,19)17(2)11-15-4-3-9-20-15/h3-9,16H,10-12H2,1-2H3. The molecule has 0 unspecified atom stereocenters. The van der Waals surface area contributed by atoms with Gasteiger partial charge in [-0.15, -0.1) is 0 Å². The highest BCUT2D eigenvalue weighted by Crippen LogP contribution is 2.14. The second-order valence-electron chi connectivity index (χ2n) is 4.94. The SMILES string of the molecule is CNCc1ccc(CS(=O)(=O)N(C)Cc2ccco2)cc1. The van der Waals surface area contributed by atoms with Crippen molar-refractivity contribution in [2.75, 3.05) is 14.1 Å². The molecule has 0 amide bonds. The van der Waals surface area contributed by atoms with Crippen LogP contribution in [0.15, 0.2) is 47.1 Å². The minimum absolute atomic E-state index is 0.00988. The molecule has 0 bridgehead atoms. The van der Waals surface area contributed by atoms with Crippen molar-refractivity contribution >= 4 is 10.0 Å². The van der Waals surface area contributed by atoms with Crippen molar-refractivity contribution in [3.05, 3.63) is 59.5 Å². The normalized spacial score (nSPS) is 12.0. The summed E-state index contributed by atoms with van der Waals surface area (Å²) in [5.74, 6) is 0.620. The first-order valence-electron chi connectivity index (χ1n) is 6.70. The van der Waals surface area contributed by atoms with Gasteiger partial charge in [0.05, 0.1) is 18.6 Å². The molecule has 0 aliphatic carbocycles. The first kappa shape index (κ1) is 15.8. The number of hydrogen-bond donors (Lipinski definition) is 1. The van der Waals surface area contributed by atoms with Gasteiger partial charge in [-0.25, -0.2) is 8.42 Å². The quantitative estimate of drug-likeness (QED) is 0.849. The van der Waals surface area contributed by atoms with Crippen molar-refractivity contribution < 1.29 is 12.8 Å². The topological polar surface area (TPSA) is 62.6 Å². The molecule has 2 aromatic rings. The van der Waals surface area contributed by atoms with Crippen LogP contribution in [-0.4, -0.2) is 26.8 Å². The fourth-order valence-electron chi connectivity index (χ4n) is 2.00. The molecule has 0 radical (unpaired) electrons. The van der Waals surface area contributed by atoms with E-state index in [-0.39, 0.29) is 12.3 Å². The summed E-state index contributed by atoms with van der Waals surface area (Å²) >= 11 is 0. The van der Waals surface area contributed by atoms with Crippen molar-refractivity contribution in [1.29, 1.82) is 0 Å². The average molecular weight is 308 g/mol. The molecule has 0 saturated heterocycles. The zero-order valence-electron chi connectivity index (χ0n) is 12.2. The van der Waals surface area contributed by atoms with Crippen LogP contribution < -0.4 is 5.32 Å². The van der Waals surface area contributed by atoms with E-state index in [0.29, 0.717) is 5.76 Å². The molecular formula is C15H20N2O3S. The predicted molar refractivity (Wildman–Crippen MR) is 82.0 cm³/mol. The van der Waals surface area contributed by atoms with E-state index in [4.69, 9.17) is 4.42 Å². The van der Waals surface area contributed by atoms with Crippen LogP contribution in [0.3, 0.4) is 0 Å². The second kappa shape index (κ2) is 6.89. The van der Waals surface area contributed by atoms with Crippen LogP contribution in [0, 0.1) is 0 Å². The van der Waals surface area contributed by atoms with Crippen LogP contribution in [0.4, 0.5) is 0 Å². The van der Waals surface area contributed by atoms with Gasteiger partial charge >= 0.3 is 0 Å². The zero-order chi connectivity index (χ0) is 15.3. The van der Waals surface area contributed by atoms with Crippen molar-refractivity contribution in [3.63, 3.8) is 0 Å². The molecule has 0 saturated carbocycles. The number of benzene rings is 1. The van der Waals surface area contributed by atoms with Crippen LogP contribution in [0.2, 0.25) is 0 Å². The first-order chi connectivity index (χ1) is 10.0. The Morgan fingerprint density at radius 2 is 1.81 bits per heavy atom. The Balaban J connectivity index is 2.02. The van der Waals surface area contributed by atoms with Gasteiger partial charge in [-0.05, 0) is 30.3 Å². The molecule has 5 nitrogen and oxygen atoms in total. The predicted octanol–water partition coefficient (Wildman–Crippen LogP) is 1.96. The molecule has 114 valence electrons. The van der Waals surface area contributed by atoms with Gasteiger partial charge in [0.25, 0.3) is 0 Å². The Labute approximate surface area is 125 Å². The number of furan rings is 1. The minimum Gasteiger partial charge on any atom is -0.468 e. The molecule has 0 aliphatic rings. The fourth-order valence-corrected chi connectivity index (χ4v) is 3.16. The fraction of sp³-hybridized carbons (Fsp3) is 0.333. The number of rotatable bonds is 7. The summed E-state index contributed by atoms with van der Waals surface area (Å²) in [7, 11) is 0.0828.